The van der Waals surface area contributed by atoms with Crippen LogP contribution in [0.4, 0.5) is 5.82 Å². The van der Waals surface area contributed by atoms with E-state index in [2.05, 4.69) is 56.0 Å². The second kappa shape index (κ2) is 7.18. The molecule has 0 aliphatic carbocycles. The van der Waals surface area contributed by atoms with Crippen molar-refractivity contribution in [2.45, 2.75) is 26.7 Å². The molecule has 0 amide bonds. The van der Waals surface area contributed by atoms with E-state index in [-0.39, 0.29) is 0 Å². The Morgan fingerprint density at radius 3 is 2.60 bits per heavy atom. The summed E-state index contributed by atoms with van der Waals surface area (Å²) in [5.41, 5.74) is 2.07. The van der Waals surface area contributed by atoms with Gasteiger partial charge in [0.25, 0.3) is 0 Å². The molecule has 5 heteroatoms. The fourth-order valence-corrected chi connectivity index (χ4v) is 2.85. The topological polar surface area (TPSA) is 37.8 Å². The molecule has 0 saturated carbocycles. The third-order valence-electron chi connectivity index (χ3n) is 2.83. The molecule has 1 N–H and O–H groups in total. The van der Waals surface area contributed by atoms with E-state index in [1.54, 1.807) is 0 Å². The summed E-state index contributed by atoms with van der Waals surface area (Å²) in [7, 11) is 0. The van der Waals surface area contributed by atoms with Crippen molar-refractivity contribution < 1.29 is 0 Å². The van der Waals surface area contributed by atoms with E-state index in [9.17, 15) is 0 Å². The minimum absolute atomic E-state index is 0.758. The predicted molar refractivity (Wildman–Crippen MR) is 91.0 cm³/mol. The van der Waals surface area contributed by atoms with Crippen LogP contribution in [0.3, 0.4) is 0 Å². The second-order valence-corrected chi connectivity index (χ2v) is 6.16. The van der Waals surface area contributed by atoms with Crippen LogP contribution in [0.5, 0.6) is 0 Å². The van der Waals surface area contributed by atoms with Crippen LogP contribution in [0.1, 0.15) is 26.0 Å². The molecule has 106 valence electrons. The molecule has 0 aliphatic rings. The molecule has 3 nitrogen and oxygen atoms in total. The lowest BCUT2D eigenvalue weighted by atomic mass is 10.2. The van der Waals surface area contributed by atoms with Crippen molar-refractivity contribution in [3.63, 3.8) is 0 Å². The zero-order valence-corrected chi connectivity index (χ0v) is 14.8. The lowest BCUT2D eigenvalue weighted by Gasteiger charge is -2.12. The fourth-order valence-electron chi connectivity index (χ4n) is 1.94. The number of halogens is 2. The number of benzene rings is 1. The van der Waals surface area contributed by atoms with Crippen LogP contribution in [0.25, 0.3) is 11.4 Å². The number of nitrogens with one attached hydrogen (secondary N) is 1. The lowest BCUT2D eigenvalue weighted by molar-refractivity contribution is 0.867. The quantitative estimate of drug-likeness (QED) is 0.765. The zero-order valence-electron chi connectivity index (χ0n) is 11.6. The number of rotatable bonds is 5. The lowest BCUT2D eigenvalue weighted by Crippen LogP contribution is -2.06. The Labute approximate surface area is 136 Å². The second-order valence-electron chi connectivity index (χ2n) is 4.45. The van der Waals surface area contributed by atoms with Gasteiger partial charge in [-0.15, -0.1) is 0 Å². The van der Waals surface area contributed by atoms with E-state index in [1.165, 1.54) is 0 Å². The fraction of sp³-hybridized carbons (Fsp3) is 0.333. The standard InChI is InChI=1S/C15H17Br2N3/c1-3-6-12-13(17)15(18-4-2)20-14(19-12)10-7-5-8-11(16)9-10/h5,7-9H,3-4,6H2,1-2H3,(H,18,19,20). The summed E-state index contributed by atoms with van der Waals surface area (Å²) in [5, 5.41) is 3.29. The molecule has 20 heavy (non-hydrogen) atoms. The number of hydrogen-bond acceptors (Lipinski definition) is 3. The van der Waals surface area contributed by atoms with Crippen molar-refractivity contribution in [3.8, 4) is 11.4 Å². The number of hydrogen-bond donors (Lipinski definition) is 1. The average molecular weight is 399 g/mol. The average Bonchev–Trinajstić information content (AvgIpc) is 2.43. The van der Waals surface area contributed by atoms with Gasteiger partial charge in [0.2, 0.25) is 0 Å². The maximum Gasteiger partial charge on any atom is 0.161 e. The van der Waals surface area contributed by atoms with Gasteiger partial charge in [0, 0.05) is 16.6 Å². The summed E-state index contributed by atoms with van der Waals surface area (Å²) in [6.45, 7) is 5.05. The van der Waals surface area contributed by atoms with Gasteiger partial charge in [-0.3, -0.25) is 0 Å². The minimum Gasteiger partial charge on any atom is -0.369 e. The summed E-state index contributed by atoms with van der Waals surface area (Å²) >= 11 is 7.10. The first-order valence-electron chi connectivity index (χ1n) is 6.72. The van der Waals surface area contributed by atoms with E-state index in [4.69, 9.17) is 4.98 Å². The third-order valence-corrected chi connectivity index (χ3v) is 4.16. The molecule has 0 bridgehead atoms. The molecule has 0 fully saturated rings. The van der Waals surface area contributed by atoms with E-state index in [1.807, 2.05) is 24.3 Å². The molecule has 0 aliphatic heterocycles. The number of anilines is 1. The predicted octanol–water partition coefficient (Wildman–Crippen LogP) is 5.05. The Morgan fingerprint density at radius 2 is 1.95 bits per heavy atom. The van der Waals surface area contributed by atoms with Crippen molar-refractivity contribution in [1.82, 2.24) is 9.97 Å². The van der Waals surface area contributed by atoms with Crippen LogP contribution in [0.2, 0.25) is 0 Å². The van der Waals surface area contributed by atoms with Crippen molar-refractivity contribution in [2.75, 3.05) is 11.9 Å². The summed E-state index contributed by atoms with van der Waals surface area (Å²) in [6, 6.07) is 8.06. The number of aryl methyl sites for hydroxylation is 1. The van der Waals surface area contributed by atoms with Gasteiger partial charge in [0.1, 0.15) is 5.82 Å². The van der Waals surface area contributed by atoms with Gasteiger partial charge in [-0.05, 0) is 41.4 Å². The van der Waals surface area contributed by atoms with E-state index in [0.29, 0.717) is 0 Å². The number of aromatic nitrogens is 2. The van der Waals surface area contributed by atoms with Gasteiger partial charge in [-0.25, -0.2) is 9.97 Å². The molecule has 1 aromatic heterocycles. The highest BCUT2D eigenvalue weighted by Crippen LogP contribution is 2.29. The highest BCUT2D eigenvalue weighted by molar-refractivity contribution is 9.11. The molecule has 0 spiro atoms. The van der Waals surface area contributed by atoms with Crippen molar-refractivity contribution in [3.05, 3.63) is 38.9 Å². The molecule has 1 aromatic carbocycles. The molecule has 2 aromatic rings. The Morgan fingerprint density at radius 1 is 1.15 bits per heavy atom. The molecule has 0 atom stereocenters. The molecule has 0 radical (unpaired) electrons. The van der Waals surface area contributed by atoms with Gasteiger partial charge < -0.3 is 5.32 Å². The van der Waals surface area contributed by atoms with Gasteiger partial charge in [0.05, 0.1) is 10.2 Å². The van der Waals surface area contributed by atoms with Crippen molar-refractivity contribution in [1.29, 1.82) is 0 Å². The highest BCUT2D eigenvalue weighted by atomic mass is 79.9. The van der Waals surface area contributed by atoms with Crippen LogP contribution in [-0.4, -0.2) is 16.5 Å². The minimum atomic E-state index is 0.758. The van der Waals surface area contributed by atoms with Crippen LogP contribution in [-0.2, 0) is 6.42 Å². The Kier molecular flexibility index (Phi) is 5.54. The van der Waals surface area contributed by atoms with Crippen LogP contribution >= 0.6 is 31.9 Å². The van der Waals surface area contributed by atoms with Crippen molar-refractivity contribution >= 4 is 37.7 Å². The summed E-state index contributed by atoms with van der Waals surface area (Å²) in [6.07, 6.45) is 1.99. The monoisotopic (exact) mass is 397 g/mol. The van der Waals surface area contributed by atoms with Gasteiger partial charge in [-0.2, -0.15) is 0 Å². The van der Waals surface area contributed by atoms with E-state index in [0.717, 1.165) is 51.2 Å². The first-order valence-corrected chi connectivity index (χ1v) is 8.30. The number of nitrogens with zero attached hydrogens (tertiary/aromatic N) is 2. The molecule has 1 heterocycles. The Balaban J connectivity index is 2.52. The van der Waals surface area contributed by atoms with E-state index < -0.39 is 0 Å². The largest absolute Gasteiger partial charge is 0.369 e. The highest BCUT2D eigenvalue weighted by Gasteiger charge is 2.12. The first kappa shape index (κ1) is 15.4. The smallest absolute Gasteiger partial charge is 0.161 e. The molecule has 0 unspecified atom stereocenters. The van der Waals surface area contributed by atoms with Gasteiger partial charge in [-0.1, -0.05) is 41.4 Å². The maximum atomic E-state index is 4.70. The van der Waals surface area contributed by atoms with Crippen molar-refractivity contribution in [2.24, 2.45) is 0 Å². The third kappa shape index (κ3) is 3.58. The van der Waals surface area contributed by atoms with Crippen LogP contribution < -0.4 is 5.32 Å². The van der Waals surface area contributed by atoms with Gasteiger partial charge in [0.15, 0.2) is 5.82 Å². The Bertz CT molecular complexity index is 572. The SMILES string of the molecule is CCCc1nc(-c2cccc(Br)c2)nc(NCC)c1Br. The maximum absolute atomic E-state index is 4.70. The normalized spacial score (nSPS) is 10.6. The van der Waals surface area contributed by atoms with Crippen LogP contribution in [0, 0.1) is 0 Å². The van der Waals surface area contributed by atoms with E-state index >= 15 is 0 Å². The molecular formula is C15H17Br2N3. The summed E-state index contributed by atoms with van der Waals surface area (Å²) < 4.78 is 2.00. The zero-order chi connectivity index (χ0) is 14.5. The molecule has 2 rings (SSSR count). The molecular weight excluding hydrogens is 382 g/mol. The van der Waals surface area contributed by atoms with Crippen LogP contribution in [0.15, 0.2) is 33.2 Å². The summed E-state index contributed by atoms with van der Waals surface area (Å²) in [4.78, 5) is 9.32. The molecule has 0 saturated heterocycles. The van der Waals surface area contributed by atoms with Gasteiger partial charge >= 0.3 is 0 Å². The summed E-state index contributed by atoms with van der Waals surface area (Å²) in [5.74, 6) is 1.62. The Hall–Kier alpha value is -0.940. The first-order chi connectivity index (χ1) is 9.65.